The molecule has 2 aromatic carbocycles. The van der Waals surface area contributed by atoms with E-state index in [1.807, 2.05) is 0 Å². The van der Waals surface area contributed by atoms with Gasteiger partial charge in [0.2, 0.25) is 0 Å². The quantitative estimate of drug-likeness (QED) is 0.647. The molecule has 0 radical (unpaired) electrons. The van der Waals surface area contributed by atoms with E-state index >= 15 is 0 Å². The monoisotopic (exact) mass is 386 g/mol. The van der Waals surface area contributed by atoms with E-state index in [-0.39, 0.29) is 6.98 Å². The van der Waals surface area contributed by atoms with Crippen LogP contribution in [0.1, 0.15) is 44.4 Å². The van der Waals surface area contributed by atoms with Crippen molar-refractivity contribution in [3.05, 3.63) is 65.5 Å². The van der Waals surface area contributed by atoms with Crippen LogP contribution in [0.3, 0.4) is 0 Å². The van der Waals surface area contributed by atoms with Crippen molar-refractivity contribution in [2.45, 2.75) is 47.5 Å². The predicted octanol–water partition coefficient (Wildman–Crippen LogP) is 4.35. The number of rotatable bonds is 5. The van der Waals surface area contributed by atoms with E-state index < -0.39 is 0 Å². The first kappa shape index (κ1) is 19.8. The number of nitrogens with zero attached hydrogens (tertiary/aromatic N) is 2. The molecule has 29 heavy (non-hydrogen) atoms. The lowest BCUT2D eigenvalue weighted by Crippen LogP contribution is -2.67. The van der Waals surface area contributed by atoms with E-state index in [9.17, 15) is 0 Å². The minimum absolute atomic E-state index is 0.115. The molecule has 0 spiro atoms. The highest BCUT2D eigenvalue weighted by Crippen LogP contribution is 2.32. The smallest absolute Gasteiger partial charge is 0.383 e. The first-order chi connectivity index (χ1) is 13.9. The number of anilines is 1. The molecule has 0 fully saturated rings. The maximum absolute atomic E-state index is 3.90. The van der Waals surface area contributed by atoms with Gasteiger partial charge in [-0.2, -0.15) is 0 Å². The Morgan fingerprint density at radius 3 is 2.21 bits per heavy atom. The van der Waals surface area contributed by atoms with Crippen LogP contribution in [0.2, 0.25) is 0 Å². The molecule has 0 bridgehead atoms. The second kappa shape index (κ2) is 7.74. The number of nitrogens with one attached hydrogen (secondary N) is 1. The topological polar surface area (TPSA) is 20.8 Å². The summed E-state index contributed by atoms with van der Waals surface area (Å²) < 4.78 is 4.69. The molecule has 4 heteroatoms. The van der Waals surface area contributed by atoms with Crippen LogP contribution in [0.15, 0.2) is 48.8 Å². The zero-order valence-electron chi connectivity index (χ0n) is 18.7. The van der Waals surface area contributed by atoms with E-state index in [1.165, 1.54) is 39.2 Å². The van der Waals surface area contributed by atoms with Gasteiger partial charge in [0.15, 0.2) is 0 Å². The molecule has 0 amide bonds. The molecule has 1 aliphatic heterocycles. The Bertz CT molecular complexity index is 1000. The second-order valence-corrected chi connectivity index (χ2v) is 9.37. The molecule has 2 heterocycles. The average Bonchev–Trinajstić information content (AvgIpc) is 3.03. The third kappa shape index (κ3) is 3.61. The first-order valence-electron chi connectivity index (χ1n) is 10.9. The number of hydrogen-bond acceptors (Lipinski definition) is 1. The summed E-state index contributed by atoms with van der Waals surface area (Å²) in [6.07, 6.45) is 6.61. The third-order valence-electron chi connectivity index (χ3n) is 5.91. The van der Waals surface area contributed by atoms with Crippen LogP contribution in [0.4, 0.5) is 5.69 Å². The van der Waals surface area contributed by atoms with Gasteiger partial charge in [-0.1, -0.05) is 58.0 Å². The summed E-state index contributed by atoms with van der Waals surface area (Å²) in [6, 6.07) is 13.5. The molecule has 0 atom stereocenters. The molecular formula is C25H33BN3+. The van der Waals surface area contributed by atoms with Gasteiger partial charge in [-0.25, -0.2) is 4.57 Å². The van der Waals surface area contributed by atoms with Crippen molar-refractivity contribution >= 4 is 18.1 Å². The van der Waals surface area contributed by atoms with Gasteiger partial charge >= 0.3 is 6.98 Å². The number of hydrogen-bond donors (Lipinski definition) is 1. The van der Waals surface area contributed by atoms with Crippen LogP contribution in [-0.4, -0.2) is 11.5 Å². The Morgan fingerprint density at radius 2 is 1.59 bits per heavy atom. The number of aromatic nitrogens is 2. The molecule has 0 unspecified atom stereocenters. The maximum Gasteiger partial charge on any atom is 0.535 e. The number of imidazole rings is 1. The molecule has 0 saturated heterocycles. The summed E-state index contributed by atoms with van der Waals surface area (Å²) >= 11 is 0. The molecule has 150 valence electrons. The van der Waals surface area contributed by atoms with Crippen LogP contribution in [0.5, 0.6) is 0 Å². The van der Waals surface area contributed by atoms with Gasteiger partial charge in [-0.3, -0.25) is 4.48 Å². The average molecular weight is 386 g/mol. The fourth-order valence-electron chi connectivity index (χ4n) is 4.77. The van der Waals surface area contributed by atoms with Gasteiger partial charge in [0.05, 0.1) is 12.6 Å². The predicted molar refractivity (Wildman–Crippen MR) is 124 cm³/mol. The van der Waals surface area contributed by atoms with Crippen LogP contribution >= 0.6 is 0 Å². The van der Waals surface area contributed by atoms with Gasteiger partial charge in [-0.05, 0) is 54.4 Å². The summed E-state index contributed by atoms with van der Waals surface area (Å²) in [6.45, 7) is 11.6. The maximum atomic E-state index is 3.90. The van der Waals surface area contributed by atoms with E-state index in [2.05, 4.69) is 105 Å². The fourth-order valence-corrected chi connectivity index (χ4v) is 4.77. The standard InChI is InChI=1S/C25H32BN3/c1-17(2)15-20-10-8-11-21(16-18(3)4)24(20)26-27-22-12-7-9-19(5)23(22)25-28(6)13-14-29(25)26/h7-14,17-18H,15-16H2,1-6H3/p+1. The van der Waals surface area contributed by atoms with Crippen molar-refractivity contribution in [3.63, 3.8) is 0 Å². The Labute approximate surface area is 175 Å². The molecule has 1 N–H and O–H groups in total. The Hall–Kier alpha value is -2.49. The van der Waals surface area contributed by atoms with Crippen molar-refractivity contribution in [2.75, 3.05) is 5.23 Å². The summed E-state index contributed by atoms with van der Waals surface area (Å²) in [7, 11) is 2.15. The normalized spacial score (nSPS) is 12.9. The van der Waals surface area contributed by atoms with E-state index in [1.54, 1.807) is 0 Å². The van der Waals surface area contributed by atoms with Crippen molar-refractivity contribution in [2.24, 2.45) is 18.9 Å². The van der Waals surface area contributed by atoms with Crippen molar-refractivity contribution in [1.29, 1.82) is 0 Å². The highest BCUT2D eigenvalue weighted by molar-refractivity contribution is 6.70. The number of fused-ring (bicyclic) bond motifs is 3. The molecule has 0 saturated carbocycles. The summed E-state index contributed by atoms with van der Waals surface area (Å²) in [5.41, 5.74) is 8.24. The van der Waals surface area contributed by atoms with Crippen LogP contribution in [0.25, 0.3) is 11.4 Å². The lowest BCUT2D eigenvalue weighted by atomic mass is 9.60. The van der Waals surface area contributed by atoms with Crippen molar-refractivity contribution < 1.29 is 4.48 Å². The minimum atomic E-state index is 0.115. The van der Waals surface area contributed by atoms with Gasteiger partial charge < -0.3 is 5.23 Å². The summed E-state index contributed by atoms with van der Waals surface area (Å²) in [5, 5.41) is 3.90. The van der Waals surface area contributed by atoms with E-state index in [0.29, 0.717) is 11.8 Å². The lowest BCUT2D eigenvalue weighted by Gasteiger charge is -2.26. The highest BCUT2D eigenvalue weighted by Gasteiger charge is 2.41. The molecule has 4 rings (SSSR count). The fraction of sp³-hybridized carbons (Fsp3) is 0.400. The Morgan fingerprint density at radius 1 is 0.966 bits per heavy atom. The van der Waals surface area contributed by atoms with Crippen LogP contribution in [0, 0.1) is 18.8 Å². The van der Waals surface area contributed by atoms with Gasteiger partial charge in [0.1, 0.15) is 12.4 Å². The summed E-state index contributed by atoms with van der Waals surface area (Å²) in [4.78, 5) is 0. The van der Waals surface area contributed by atoms with Crippen LogP contribution in [-0.2, 0) is 19.9 Å². The van der Waals surface area contributed by atoms with Gasteiger partial charge in [0.25, 0.3) is 5.82 Å². The SMILES string of the molecule is Cc1cccc2c1-c1n(C)cc[n+]1B(c1c(CC(C)C)cccc1CC(C)C)N2. The highest BCUT2D eigenvalue weighted by atomic mass is 15.2. The zero-order chi connectivity index (χ0) is 20.7. The Balaban J connectivity index is 1.93. The molecule has 1 aliphatic rings. The number of aryl methyl sites for hydroxylation is 2. The Kier molecular flexibility index (Phi) is 5.29. The zero-order valence-corrected chi connectivity index (χ0v) is 18.7. The largest absolute Gasteiger partial charge is 0.535 e. The molecule has 3 nitrogen and oxygen atoms in total. The molecule has 3 aromatic rings. The first-order valence-corrected chi connectivity index (χ1v) is 10.9. The minimum Gasteiger partial charge on any atom is -0.383 e. The molecule has 0 aliphatic carbocycles. The molecular weight excluding hydrogens is 353 g/mol. The second-order valence-electron chi connectivity index (χ2n) is 9.37. The van der Waals surface area contributed by atoms with E-state index in [4.69, 9.17) is 0 Å². The van der Waals surface area contributed by atoms with Crippen molar-refractivity contribution in [1.82, 2.24) is 4.57 Å². The van der Waals surface area contributed by atoms with Crippen molar-refractivity contribution in [3.8, 4) is 11.4 Å². The van der Waals surface area contributed by atoms with Gasteiger partial charge in [-0.15, -0.1) is 0 Å². The number of benzene rings is 2. The van der Waals surface area contributed by atoms with Gasteiger partial charge in [0, 0.05) is 11.2 Å². The van der Waals surface area contributed by atoms with E-state index in [0.717, 1.165) is 12.8 Å². The third-order valence-corrected chi connectivity index (χ3v) is 5.91. The molecule has 1 aromatic heterocycles. The lowest BCUT2D eigenvalue weighted by molar-refractivity contribution is -0.522. The summed E-state index contributed by atoms with van der Waals surface area (Å²) in [5.74, 6) is 2.53. The van der Waals surface area contributed by atoms with Crippen LogP contribution < -0.4 is 15.2 Å².